The summed E-state index contributed by atoms with van der Waals surface area (Å²) in [5.41, 5.74) is 6.28. The number of nitrogens with one attached hydrogen (secondary N) is 1. The Bertz CT molecular complexity index is 410. The molecule has 0 radical (unpaired) electrons. The maximum Gasteiger partial charge on any atom is 0.142 e. The molecule has 0 saturated carbocycles. The number of ether oxygens (including phenoxy) is 1. The number of hydrogen-bond acceptors (Lipinski definition) is 3. The SMILES string of the molecule is COc1cc([SH]2(=O)CCCN2)ccc1N. The summed E-state index contributed by atoms with van der Waals surface area (Å²) in [5, 5.41) is 0. The summed E-state index contributed by atoms with van der Waals surface area (Å²) in [4.78, 5) is 0.811. The first-order valence-corrected chi connectivity index (χ1v) is 6.83. The molecule has 0 atom stereocenters. The van der Waals surface area contributed by atoms with Gasteiger partial charge >= 0.3 is 0 Å². The average Bonchev–Trinajstić information content (AvgIpc) is 2.67. The summed E-state index contributed by atoms with van der Waals surface area (Å²) < 4.78 is 20.6. The summed E-state index contributed by atoms with van der Waals surface area (Å²) >= 11 is 0. The van der Waals surface area contributed by atoms with Crippen LogP contribution < -0.4 is 15.2 Å². The molecular formula is C10H16N2O2S. The first kappa shape index (κ1) is 10.4. The molecule has 0 bridgehead atoms. The van der Waals surface area contributed by atoms with Crippen LogP contribution in [0.4, 0.5) is 5.69 Å². The zero-order chi connectivity index (χ0) is 10.9. The molecule has 1 saturated heterocycles. The fourth-order valence-corrected chi connectivity index (χ4v) is 4.15. The van der Waals surface area contributed by atoms with Crippen molar-refractivity contribution >= 4 is 15.8 Å². The highest BCUT2D eigenvalue weighted by atomic mass is 32.3. The van der Waals surface area contributed by atoms with Gasteiger partial charge in [-0.3, -0.25) is 8.93 Å². The Labute approximate surface area is 90.4 Å². The quantitative estimate of drug-likeness (QED) is 0.512. The summed E-state index contributed by atoms with van der Waals surface area (Å²) in [7, 11) is -0.805. The molecule has 1 aliphatic heterocycles. The second kappa shape index (κ2) is 3.83. The van der Waals surface area contributed by atoms with Gasteiger partial charge in [-0.2, -0.15) is 0 Å². The van der Waals surface area contributed by atoms with Gasteiger partial charge in [-0.05, 0) is 34.7 Å². The summed E-state index contributed by atoms with van der Waals surface area (Å²) in [6.45, 7) is 0.823. The molecule has 1 aromatic carbocycles. The van der Waals surface area contributed by atoms with E-state index in [9.17, 15) is 4.21 Å². The van der Waals surface area contributed by atoms with E-state index in [4.69, 9.17) is 10.5 Å². The smallest absolute Gasteiger partial charge is 0.142 e. The molecular weight excluding hydrogens is 212 g/mol. The van der Waals surface area contributed by atoms with Crippen molar-refractivity contribution in [3.05, 3.63) is 18.2 Å². The van der Waals surface area contributed by atoms with E-state index < -0.39 is 10.1 Å². The molecule has 5 heteroatoms. The van der Waals surface area contributed by atoms with Gasteiger partial charge < -0.3 is 10.5 Å². The number of nitrogen functional groups attached to an aromatic ring is 1. The van der Waals surface area contributed by atoms with Crippen LogP contribution in [0.3, 0.4) is 0 Å². The van der Waals surface area contributed by atoms with E-state index in [1.54, 1.807) is 19.2 Å². The second-order valence-electron chi connectivity index (χ2n) is 3.65. The van der Waals surface area contributed by atoms with Crippen LogP contribution in [0.25, 0.3) is 0 Å². The Morgan fingerprint density at radius 2 is 2.33 bits per heavy atom. The first-order valence-electron chi connectivity index (χ1n) is 4.94. The zero-order valence-corrected chi connectivity index (χ0v) is 9.59. The van der Waals surface area contributed by atoms with E-state index in [-0.39, 0.29) is 0 Å². The lowest BCUT2D eigenvalue weighted by atomic mass is 10.3. The van der Waals surface area contributed by atoms with E-state index in [1.165, 1.54) is 0 Å². The molecule has 1 heterocycles. The Morgan fingerprint density at radius 3 is 2.93 bits per heavy atom. The van der Waals surface area contributed by atoms with Crippen molar-refractivity contribution in [3.8, 4) is 5.75 Å². The Morgan fingerprint density at radius 1 is 1.53 bits per heavy atom. The van der Waals surface area contributed by atoms with Crippen molar-refractivity contribution in [2.45, 2.75) is 11.3 Å². The highest BCUT2D eigenvalue weighted by Crippen LogP contribution is 2.29. The van der Waals surface area contributed by atoms with Crippen LogP contribution in [-0.4, -0.2) is 23.6 Å². The summed E-state index contributed by atoms with van der Waals surface area (Å²) in [5.74, 6) is 1.32. The lowest BCUT2D eigenvalue weighted by molar-refractivity contribution is 0.416. The van der Waals surface area contributed by atoms with Crippen molar-refractivity contribution in [2.24, 2.45) is 0 Å². The number of nitrogens with two attached hydrogens (primary N) is 1. The van der Waals surface area contributed by atoms with Gasteiger partial charge in [0.05, 0.1) is 12.8 Å². The van der Waals surface area contributed by atoms with Crippen LogP contribution in [0, 0.1) is 0 Å². The molecule has 3 N–H and O–H groups in total. The van der Waals surface area contributed by atoms with Gasteiger partial charge in [0.15, 0.2) is 0 Å². The first-order chi connectivity index (χ1) is 7.15. The van der Waals surface area contributed by atoms with E-state index in [0.717, 1.165) is 23.6 Å². The predicted octanol–water partition coefficient (Wildman–Crippen LogP) is 0.561. The third-order valence-corrected chi connectivity index (χ3v) is 5.44. The van der Waals surface area contributed by atoms with Crippen LogP contribution in [0.5, 0.6) is 5.75 Å². The fraction of sp³-hybridized carbons (Fsp3) is 0.400. The Hall–Kier alpha value is -1.07. The maximum atomic E-state index is 12.4. The maximum absolute atomic E-state index is 12.4. The van der Waals surface area contributed by atoms with Crippen molar-refractivity contribution < 1.29 is 8.95 Å². The van der Waals surface area contributed by atoms with Gasteiger partial charge in [-0.1, -0.05) is 0 Å². The number of hydrogen-bond donors (Lipinski definition) is 3. The highest BCUT2D eigenvalue weighted by Gasteiger charge is 2.22. The monoisotopic (exact) mass is 228 g/mol. The summed E-state index contributed by atoms with van der Waals surface area (Å²) in [6, 6.07) is 5.33. The van der Waals surface area contributed by atoms with Crippen LogP contribution in [0.15, 0.2) is 23.1 Å². The Balaban J connectivity index is 2.41. The predicted molar refractivity (Wildman–Crippen MR) is 62.7 cm³/mol. The van der Waals surface area contributed by atoms with Gasteiger partial charge in [0.2, 0.25) is 0 Å². The van der Waals surface area contributed by atoms with Crippen molar-refractivity contribution in [1.29, 1.82) is 0 Å². The summed E-state index contributed by atoms with van der Waals surface area (Å²) in [6.07, 6.45) is 0.962. The number of benzene rings is 1. The van der Waals surface area contributed by atoms with Gasteiger partial charge in [0, 0.05) is 17.2 Å². The molecule has 1 aliphatic rings. The minimum absolute atomic E-state index is 0.576. The zero-order valence-electron chi connectivity index (χ0n) is 8.69. The van der Waals surface area contributed by atoms with Crippen LogP contribution in [0.1, 0.15) is 6.42 Å². The molecule has 15 heavy (non-hydrogen) atoms. The van der Waals surface area contributed by atoms with Crippen molar-refractivity contribution in [1.82, 2.24) is 4.72 Å². The lowest BCUT2D eigenvalue weighted by Crippen LogP contribution is -2.26. The van der Waals surface area contributed by atoms with Crippen LogP contribution in [0.2, 0.25) is 0 Å². The van der Waals surface area contributed by atoms with Crippen LogP contribution >= 0.6 is 0 Å². The number of rotatable bonds is 2. The molecule has 84 valence electrons. The van der Waals surface area contributed by atoms with Gasteiger partial charge in [0.1, 0.15) is 5.75 Å². The standard InChI is InChI=1S/C10H16N2O2S/c1-14-10-7-8(3-4-9(10)11)15(13)6-2-5-12-15/h3-4,7,15H,2,5-6,11H2,1H3,(H,12,13). The minimum Gasteiger partial charge on any atom is -0.495 e. The van der Waals surface area contributed by atoms with E-state index in [0.29, 0.717) is 11.4 Å². The van der Waals surface area contributed by atoms with Gasteiger partial charge in [-0.25, -0.2) is 0 Å². The van der Waals surface area contributed by atoms with E-state index >= 15 is 0 Å². The number of anilines is 1. The number of methoxy groups -OCH3 is 1. The van der Waals surface area contributed by atoms with E-state index in [1.807, 2.05) is 6.07 Å². The van der Waals surface area contributed by atoms with Gasteiger partial charge in [0.25, 0.3) is 0 Å². The second-order valence-corrected chi connectivity index (χ2v) is 6.41. The van der Waals surface area contributed by atoms with Crippen molar-refractivity contribution in [2.75, 3.05) is 25.1 Å². The lowest BCUT2D eigenvalue weighted by Gasteiger charge is -2.19. The molecule has 1 fully saturated rings. The minimum atomic E-state index is -2.37. The fourth-order valence-electron chi connectivity index (χ4n) is 1.79. The normalized spacial score (nSPS) is 21.1. The van der Waals surface area contributed by atoms with Crippen molar-refractivity contribution in [3.63, 3.8) is 0 Å². The molecule has 2 rings (SSSR count). The molecule has 0 unspecified atom stereocenters. The largest absolute Gasteiger partial charge is 0.495 e. The third kappa shape index (κ3) is 1.85. The number of thiol groups is 1. The van der Waals surface area contributed by atoms with E-state index in [2.05, 4.69) is 4.72 Å². The molecule has 4 nitrogen and oxygen atoms in total. The molecule has 0 spiro atoms. The molecule has 1 aromatic rings. The third-order valence-electron chi connectivity index (χ3n) is 2.65. The van der Waals surface area contributed by atoms with Gasteiger partial charge in [-0.15, -0.1) is 0 Å². The van der Waals surface area contributed by atoms with Crippen LogP contribution in [-0.2, 0) is 10.1 Å². The molecule has 0 aromatic heterocycles. The average molecular weight is 228 g/mol. The Kier molecular flexibility index (Phi) is 2.67. The highest BCUT2D eigenvalue weighted by molar-refractivity contribution is 8.01. The topological polar surface area (TPSA) is 64.3 Å². The molecule has 0 aliphatic carbocycles. The molecule has 0 amide bonds.